The first-order valence-corrected chi connectivity index (χ1v) is 8.62. The van der Waals surface area contributed by atoms with Crippen LogP contribution in [0.15, 0.2) is 28.6 Å². The Morgan fingerprint density at radius 1 is 1.48 bits per heavy atom. The minimum atomic E-state index is 0.369. The molecule has 1 atom stereocenters. The predicted octanol–water partition coefficient (Wildman–Crippen LogP) is 3.56. The fourth-order valence-electron chi connectivity index (χ4n) is 2.08. The molecule has 0 amide bonds. The van der Waals surface area contributed by atoms with E-state index in [-0.39, 0.29) is 0 Å². The van der Waals surface area contributed by atoms with Gasteiger partial charge >= 0.3 is 0 Å². The van der Waals surface area contributed by atoms with Crippen LogP contribution in [0, 0.1) is 0 Å². The molecule has 1 aromatic carbocycles. The molecule has 21 heavy (non-hydrogen) atoms. The SMILES string of the molecule is COc1cccc(Nc2nnc(SCC3CCCO3)s2)c1. The van der Waals surface area contributed by atoms with Crippen LogP contribution in [0.5, 0.6) is 5.75 Å². The van der Waals surface area contributed by atoms with Crippen LogP contribution in [0.1, 0.15) is 12.8 Å². The molecule has 0 saturated carbocycles. The molecule has 1 unspecified atom stereocenters. The number of benzene rings is 1. The molecule has 0 aliphatic carbocycles. The fraction of sp³-hybridized carbons (Fsp3) is 0.429. The van der Waals surface area contributed by atoms with E-state index < -0.39 is 0 Å². The lowest BCUT2D eigenvalue weighted by atomic mass is 10.3. The lowest BCUT2D eigenvalue weighted by Gasteiger charge is -2.05. The van der Waals surface area contributed by atoms with Crippen molar-refractivity contribution >= 4 is 33.9 Å². The van der Waals surface area contributed by atoms with Gasteiger partial charge in [0, 0.05) is 24.1 Å². The average Bonchev–Trinajstić information content (AvgIpc) is 3.17. The van der Waals surface area contributed by atoms with Crippen molar-refractivity contribution in [2.75, 3.05) is 24.8 Å². The molecule has 1 aliphatic rings. The Bertz CT molecular complexity index is 585. The second-order valence-corrected chi connectivity index (χ2v) is 6.92. The van der Waals surface area contributed by atoms with Crippen LogP contribution in [0.25, 0.3) is 0 Å². The zero-order valence-electron chi connectivity index (χ0n) is 11.7. The van der Waals surface area contributed by atoms with Crippen LogP contribution in [-0.2, 0) is 4.74 Å². The first-order valence-electron chi connectivity index (χ1n) is 6.82. The summed E-state index contributed by atoms with van der Waals surface area (Å²) in [6.45, 7) is 0.893. The fourth-order valence-corrected chi connectivity index (χ4v) is 3.95. The summed E-state index contributed by atoms with van der Waals surface area (Å²) in [5.41, 5.74) is 0.946. The summed E-state index contributed by atoms with van der Waals surface area (Å²) in [6.07, 6.45) is 2.69. The number of nitrogens with zero attached hydrogens (tertiary/aromatic N) is 2. The second-order valence-electron chi connectivity index (χ2n) is 4.68. The molecular formula is C14H17N3O2S2. The molecule has 1 N–H and O–H groups in total. The number of hydrogen-bond donors (Lipinski definition) is 1. The summed E-state index contributed by atoms with van der Waals surface area (Å²) >= 11 is 3.27. The number of nitrogens with one attached hydrogen (secondary N) is 1. The van der Waals surface area contributed by atoms with E-state index in [4.69, 9.17) is 9.47 Å². The van der Waals surface area contributed by atoms with Crippen molar-refractivity contribution in [3.8, 4) is 5.75 Å². The molecule has 1 aromatic heterocycles. The molecule has 2 heterocycles. The third-order valence-corrected chi connectivity index (χ3v) is 5.25. The highest BCUT2D eigenvalue weighted by Gasteiger charge is 2.16. The Labute approximate surface area is 132 Å². The number of methoxy groups -OCH3 is 1. The van der Waals surface area contributed by atoms with Crippen LogP contribution in [0.3, 0.4) is 0 Å². The van der Waals surface area contributed by atoms with Gasteiger partial charge in [-0.15, -0.1) is 10.2 Å². The first kappa shape index (κ1) is 14.6. The molecule has 1 saturated heterocycles. The highest BCUT2D eigenvalue weighted by Crippen LogP contribution is 2.30. The Morgan fingerprint density at radius 3 is 3.24 bits per heavy atom. The Morgan fingerprint density at radius 2 is 2.43 bits per heavy atom. The molecule has 5 nitrogen and oxygen atoms in total. The molecule has 0 spiro atoms. The van der Waals surface area contributed by atoms with Gasteiger partial charge in [-0.25, -0.2) is 0 Å². The quantitative estimate of drug-likeness (QED) is 0.820. The van der Waals surface area contributed by atoms with E-state index in [1.54, 1.807) is 30.2 Å². The number of ether oxygens (including phenoxy) is 2. The second kappa shape index (κ2) is 7.11. The van der Waals surface area contributed by atoms with Gasteiger partial charge in [0.15, 0.2) is 4.34 Å². The van der Waals surface area contributed by atoms with Gasteiger partial charge in [0.25, 0.3) is 0 Å². The normalized spacial score (nSPS) is 17.9. The van der Waals surface area contributed by atoms with Gasteiger partial charge in [0.1, 0.15) is 5.75 Å². The van der Waals surface area contributed by atoms with Crippen molar-refractivity contribution in [3.63, 3.8) is 0 Å². The zero-order valence-corrected chi connectivity index (χ0v) is 13.4. The highest BCUT2D eigenvalue weighted by atomic mass is 32.2. The zero-order chi connectivity index (χ0) is 14.5. The summed E-state index contributed by atoms with van der Waals surface area (Å²) in [6, 6.07) is 7.76. The van der Waals surface area contributed by atoms with Crippen LogP contribution in [0.2, 0.25) is 0 Å². The maximum atomic E-state index is 5.61. The molecule has 0 radical (unpaired) electrons. The van der Waals surface area contributed by atoms with Gasteiger partial charge in [-0.1, -0.05) is 29.2 Å². The van der Waals surface area contributed by atoms with Crippen molar-refractivity contribution in [3.05, 3.63) is 24.3 Å². The first-order chi connectivity index (χ1) is 10.3. The van der Waals surface area contributed by atoms with E-state index in [0.717, 1.165) is 39.7 Å². The van der Waals surface area contributed by atoms with Crippen LogP contribution in [0.4, 0.5) is 10.8 Å². The smallest absolute Gasteiger partial charge is 0.210 e. The summed E-state index contributed by atoms with van der Waals surface area (Å²) in [4.78, 5) is 0. The van der Waals surface area contributed by atoms with Crippen molar-refractivity contribution in [1.29, 1.82) is 0 Å². The van der Waals surface area contributed by atoms with Crippen molar-refractivity contribution in [2.45, 2.75) is 23.3 Å². The molecule has 3 rings (SSSR count). The van der Waals surface area contributed by atoms with Gasteiger partial charge in [-0.05, 0) is 25.0 Å². The maximum Gasteiger partial charge on any atom is 0.210 e. The lowest BCUT2D eigenvalue weighted by Crippen LogP contribution is -2.07. The number of anilines is 2. The van der Waals surface area contributed by atoms with Gasteiger partial charge in [0.2, 0.25) is 5.13 Å². The Kier molecular flexibility index (Phi) is 4.95. The summed E-state index contributed by atoms with van der Waals surface area (Å²) in [5.74, 6) is 1.77. The average molecular weight is 323 g/mol. The van der Waals surface area contributed by atoms with Gasteiger partial charge < -0.3 is 14.8 Å². The molecule has 7 heteroatoms. The lowest BCUT2D eigenvalue weighted by molar-refractivity contribution is 0.129. The Hall–Kier alpha value is -1.31. The number of rotatable bonds is 6. The van der Waals surface area contributed by atoms with Crippen LogP contribution in [-0.4, -0.2) is 35.8 Å². The highest BCUT2D eigenvalue weighted by molar-refractivity contribution is 8.01. The van der Waals surface area contributed by atoms with E-state index in [1.165, 1.54) is 6.42 Å². The standard InChI is InChI=1S/C14H17N3O2S2/c1-18-11-5-2-4-10(8-11)15-13-16-17-14(21-13)20-9-12-6-3-7-19-12/h2,4-5,8,12H,3,6-7,9H2,1H3,(H,15,16). The van der Waals surface area contributed by atoms with Gasteiger partial charge in [0.05, 0.1) is 13.2 Å². The molecule has 0 bridgehead atoms. The summed E-state index contributed by atoms with van der Waals surface area (Å²) in [7, 11) is 1.66. The summed E-state index contributed by atoms with van der Waals surface area (Å²) in [5, 5.41) is 12.4. The molecule has 2 aromatic rings. The monoisotopic (exact) mass is 323 g/mol. The van der Waals surface area contributed by atoms with E-state index in [2.05, 4.69) is 15.5 Å². The van der Waals surface area contributed by atoms with Crippen molar-refractivity contribution < 1.29 is 9.47 Å². The van der Waals surface area contributed by atoms with E-state index in [0.29, 0.717) is 6.10 Å². The molecule has 1 fully saturated rings. The van der Waals surface area contributed by atoms with Crippen molar-refractivity contribution in [2.24, 2.45) is 0 Å². The third-order valence-electron chi connectivity index (χ3n) is 3.14. The minimum absolute atomic E-state index is 0.369. The molecule has 1 aliphatic heterocycles. The van der Waals surface area contributed by atoms with Gasteiger partial charge in [-0.3, -0.25) is 0 Å². The molecular weight excluding hydrogens is 306 g/mol. The van der Waals surface area contributed by atoms with Crippen LogP contribution < -0.4 is 10.1 Å². The third kappa shape index (κ3) is 4.09. The predicted molar refractivity (Wildman–Crippen MR) is 85.9 cm³/mol. The number of hydrogen-bond acceptors (Lipinski definition) is 7. The number of thioether (sulfide) groups is 1. The van der Waals surface area contributed by atoms with Crippen LogP contribution >= 0.6 is 23.1 Å². The maximum absolute atomic E-state index is 5.61. The van der Waals surface area contributed by atoms with Gasteiger partial charge in [-0.2, -0.15) is 0 Å². The minimum Gasteiger partial charge on any atom is -0.497 e. The summed E-state index contributed by atoms with van der Waals surface area (Å²) < 4.78 is 11.8. The molecule has 112 valence electrons. The largest absolute Gasteiger partial charge is 0.497 e. The van der Waals surface area contributed by atoms with Crippen molar-refractivity contribution in [1.82, 2.24) is 10.2 Å². The number of aromatic nitrogens is 2. The topological polar surface area (TPSA) is 56.3 Å². The Balaban J connectivity index is 1.56. The van der Waals surface area contributed by atoms with E-state index in [9.17, 15) is 0 Å². The van der Waals surface area contributed by atoms with E-state index >= 15 is 0 Å². The van der Waals surface area contributed by atoms with E-state index in [1.807, 2.05) is 24.3 Å².